The summed E-state index contributed by atoms with van der Waals surface area (Å²) in [6.45, 7) is 0.152. The van der Waals surface area contributed by atoms with Crippen LogP contribution >= 0.6 is 0 Å². The Bertz CT molecular complexity index is 456. The monoisotopic (exact) mass is 289 g/mol. The van der Waals surface area contributed by atoms with Crippen LogP contribution in [0.15, 0.2) is 18.2 Å². The largest absolute Gasteiger partial charge is 0.481 e. The van der Waals surface area contributed by atoms with Gasteiger partial charge in [-0.3, -0.25) is 4.79 Å². The van der Waals surface area contributed by atoms with E-state index in [-0.39, 0.29) is 18.7 Å². The Morgan fingerprint density at radius 2 is 2.05 bits per heavy atom. The van der Waals surface area contributed by atoms with Gasteiger partial charge in [0.1, 0.15) is 11.6 Å². The van der Waals surface area contributed by atoms with Crippen LogP contribution in [-0.4, -0.2) is 40.5 Å². The Morgan fingerprint density at radius 1 is 1.35 bits per heavy atom. The Morgan fingerprint density at radius 3 is 2.65 bits per heavy atom. The van der Waals surface area contributed by atoms with Crippen molar-refractivity contribution >= 4 is 5.97 Å². The molecule has 5 nitrogen and oxygen atoms in total. The van der Waals surface area contributed by atoms with Crippen molar-refractivity contribution in [2.45, 2.75) is 25.0 Å². The number of rotatable bonds is 8. The van der Waals surface area contributed by atoms with E-state index in [0.29, 0.717) is 6.42 Å². The second-order valence-corrected chi connectivity index (χ2v) is 4.35. The fourth-order valence-electron chi connectivity index (χ4n) is 1.81. The third kappa shape index (κ3) is 4.84. The van der Waals surface area contributed by atoms with Crippen LogP contribution in [0.25, 0.3) is 0 Å². The molecular weight excluding hydrogens is 272 g/mol. The first-order valence-electron chi connectivity index (χ1n) is 6.14. The number of hydrogen-bond acceptors (Lipinski definition) is 4. The summed E-state index contributed by atoms with van der Waals surface area (Å²) in [5.74, 6) is -2.70. The van der Waals surface area contributed by atoms with Crippen LogP contribution in [0.1, 0.15) is 24.5 Å². The lowest BCUT2D eigenvalue weighted by Crippen LogP contribution is -2.38. The van der Waals surface area contributed by atoms with Gasteiger partial charge in [0.05, 0.1) is 12.5 Å². The second kappa shape index (κ2) is 7.88. The third-order valence-corrected chi connectivity index (χ3v) is 2.79. The van der Waals surface area contributed by atoms with E-state index >= 15 is 0 Å². The zero-order valence-electron chi connectivity index (χ0n) is 10.7. The molecule has 7 heteroatoms. The molecule has 0 aliphatic heterocycles. The molecule has 0 heterocycles. The number of hydrogen-bond donors (Lipinski definition) is 4. The molecule has 1 aromatic carbocycles. The van der Waals surface area contributed by atoms with Gasteiger partial charge < -0.3 is 20.6 Å². The molecule has 0 radical (unpaired) electrons. The molecule has 0 aliphatic carbocycles. The lowest BCUT2D eigenvalue weighted by molar-refractivity contribution is -0.138. The standard InChI is InChI=1S/C13H17F2NO4/c14-8-2-3-10(15)9(6-8)13(20)11(7-12(18)19)16-4-1-5-17/h2-3,6,11,13,16-17,20H,1,4-5,7H2,(H,18,19). The average Bonchev–Trinajstić information content (AvgIpc) is 2.39. The number of halogens is 2. The van der Waals surface area contributed by atoms with Crippen molar-refractivity contribution in [2.24, 2.45) is 0 Å². The number of aliphatic hydroxyl groups excluding tert-OH is 2. The highest BCUT2D eigenvalue weighted by molar-refractivity contribution is 5.67. The van der Waals surface area contributed by atoms with Crippen molar-refractivity contribution in [3.63, 3.8) is 0 Å². The fourth-order valence-corrected chi connectivity index (χ4v) is 1.81. The summed E-state index contributed by atoms with van der Waals surface area (Å²) in [4.78, 5) is 10.8. The first kappa shape index (κ1) is 16.5. The molecule has 0 spiro atoms. The van der Waals surface area contributed by atoms with Crippen molar-refractivity contribution in [3.8, 4) is 0 Å². The number of benzene rings is 1. The Labute approximate surface area is 114 Å². The second-order valence-electron chi connectivity index (χ2n) is 4.35. The summed E-state index contributed by atoms with van der Waals surface area (Å²) in [7, 11) is 0. The highest BCUT2D eigenvalue weighted by Crippen LogP contribution is 2.23. The summed E-state index contributed by atoms with van der Waals surface area (Å²) in [6, 6.07) is 1.65. The van der Waals surface area contributed by atoms with E-state index in [4.69, 9.17) is 10.2 Å². The van der Waals surface area contributed by atoms with Crippen molar-refractivity contribution in [1.82, 2.24) is 5.32 Å². The van der Waals surface area contributed by atoms with Gasteiger partial charge in [0, 0.05) is 18.2 Å². The Balaban J connectivity index is 2.87. The first-order valence-corrected chi connectivity index (χ1v) is 6.14. The SMILES string of the molecule is O=C(O)CC(NCCCO)C(O)c1cc(F)ccc1F. The van der Waals surface area contributed by atoms with Gasteiger partial charge in [0.25, 0.3) is 0 Å². The van der Waals surface area contributed by atoms with Crippen LogP contribution in [0.3, 0.4) is 0 Å². The highest BCUT2D eigenvalue weighted by atomic mass is 19.1. The normalized spacial score (nSPS) is 14.0. The molecule has 2 atom stereocenters. The van der Waals surface area contributed by atoms with Gasteiger partial charge in [-0.2, -0.15) is 0 Å². The van der Waals surface area contributed by atoms with Crippen LogP contribution < -0.4 is 5.32 Å². The van der Waals surface area contributed by atoms with E-state index < -0.39 is 36.2 Å². The number of carboxylic acids is 1. The van der Waals surface area contributed by atoms with Crippen molar-refractivity contribution in [1.29, 1.82) is 0 Å². The summed E-state index contributed by atoms with van der Waals surface area (Å²) in [5, 5.41) is 30.2. The summed E-state index contributed by atoms with van der Waals surface area (Å²) >= 11 is 0. The average molecular weight is 289 g/mol. The van der Waals surface area contributed by atoms with Crippen LogP contribution in [0.5, 0.6) is 0 Å². The summed E-state index contributed by atoms with van der Waals surface area (Å²) in [5.41, 5.74) is -0.298. The molecule has 2 unspecified atom stereocenters. The maximum Gasteiger partial charge on any atom is 0.305 e. The van der Waals surface area contributed by atoms with Crippen LogP contribution in [0, 0.1) is 11.6 Å². The molecule has 0 aliphatic rings. The first-order chi connectivity index (χ1) is 9.45. The van der Waals surface area contributed by atoms with Crippen molar-refractivity contribution < 1.29 is 28.9 Å². The number of aliphatic hydroxyl groups is 2. The molecule has 4 N–H and O–H groups in total. The molecule has 112 valence electrons. The van der Waals surface area contributed by atoms with Gasteiger partial charge >= 0.3 is 5.97 Å². The molecule has 0 saturated carbocycles. The smallest absolute Gasteiger partial charge is 0.305 e. The maximum absolute atomic E-state index is 13.6. The highest BCUT2D eigenvalue weighted by Gasteiger charge is 2.25. The van der Waals surface area contributed by atoms with Gasteiger partial charge in [-0.05, 0) is 31.2 Å². The summed E-state index contributed by atoms with van der Waals surface area (Å²) in [6.07, 6.45) is -1.60. The molecule has 0 aromatic heterocycles. The minimum Gasteiger partial charge on any atom is -0.481 e. The van der Waals surface area contributed by atoms with Gasteiger partial charge in [-0.15, -0.1) is 0 Å². The predicted octanol–water partition coefficient (Wildman–Crippen LogP) is 0.814. The minimum atomic E-state index is -1.50. The number of nitrogens with one attached hydrogen (secondary N) is 1. The van der Waals surface area contributed by atoms with Gasteiger partial charge in [0.2, 0.25) is 0 Å². The molecule has 1 rings (SSSR count). The van der Waals surface area contributed by atoms with E-state index in [1.807, 2.05) is 0 Å². The lowest BCUT2D eigenvalue weighted by atomic mass is 9.99. The van der Waals surface area contributed by atoms with E-state index in [1.165, 1.54) is 0 Å². The number of carboxylic acid groups (broad SMARTS) is 1. The zero-order valence-corrected chi connectivity index (χ0v) is 10.7. The lowest BCUT2D eigenvalue weighted by Gasteiger charge is -2.23. The van der Waals surface area contributed by atoms with E-state index in [2.05, 4.69) is 5.32 Å². The molecule has 0 fully saturated rings. The number of aliphatic carboxylic acids is 1. The zero-order chi connectivity index (χ0) is 15.1. The van der Waals surface area contributed by atoms with Crippen LogP contribution in [0.2, 0.25) is 0 Å². The topological polar surface area (TPSA) is 89.8 Å². The van der Waals surface area contributed by atoms with Gasteiger partial charge in [-0.25, -0.2) is 8.78 Å². The van der Waals surface area contributed by atoms with Crippen molar-refractivity contribution in [2.75, 3.05) is 13.2 Å². The third-order valence-electron chi connectivity index (χ3n) is 2.79. The van der Waals surface area contributed by atoms with E-state index in [0.717, 1.165) is 18.2 Å². The minimum absolute atomic E-state index is 0.1000. The van der Waals surface area contributed by atoms with E-state index in [9.17, 15) is 18.7 Å². The van der Waals surface area contributed by atoms with Gasteiger partial charge in [0.15, 0.2) is 0 Å². The van der Waals surface area contributed by atoms with Crippen LogP contribution in [0.4, 0.5) is 8.78 Å². The fraction of sp³-hybridized carbons (Fsp3) is 0.462. The molecule has 20 heavy (non-hydrogen) atoms. The maximum atomic E-state index is 13.6. The van der Waals surface area contributed by atoms with Crippen LogP contribution in [-0.2, 0) is 4.79 Å². The Hall–Kier alpha value is -1.57. The molecule has 1 aromatic rings. The molecule has 0 saturated heterocycles. The molecule has 0 amide bonds. The predicted molar refractivity (Wildman–Crippen MR) is 67.1 cm³/mol. The van der Waals surface area contributed by atoms with Gasteiger partial charge in [-0.1, -0.05) is 0 Å². The molecule has 0 bridgehead atoms. The quantitative estimate of drug-likeness (QED) is 0.532. The Kier molecular flexibility index (Phi) is 6.50. The summed E-state index contributed by atoms with van der Waals surface area (Å²) < 4.78 is 26.7. The molecular formula is C13H17F2NO4. The van der Waals surface area contributed by atoms with E-state index in [1.54, 1.807) is 0 Å². The van der Waals surface area contributed by atoms with Crippen molar-refractivity contribution in [3.05, 3.63) is 35.4 Å². The number of carbonyl (C=O) groups is 1.